The van der Waals surface area contributed by atoms with Gasteiger partial charge in [-0.1, -0.05) is 18.2 Å². The lowest BCUT2D eigenvalue weighted by Gasteiger charge is -2.21. The Morgan fingerprint density at radius 3 is 2.47 bits per heavy atom. The molecule has 0 aliphatic rings. The minimum Gasteiger partial charge on any atom is -0.497 e. The molecule has 3 aromatic rings. The van der Waals surface area contributed by atoms with Crippen LogP contribution in [0, 0.1) is 0 Å². The summed E-state index contributed by atoms with van der Waals surface area (Å²) in [7, 11) is 7.27. The van der Waals surface area contributed by atoms with Crippen LogP contribution in [0.4, 0.5) is 5.13 Å². The predicted octanol–water partition coefficient (Wildman–Crippen LogP) is 4.19. The van der Waals surface area contributed by atoms with Crippen molar-refractivity contribution in [3.63, 3.8) is 0 Å². The average molecular weight is 456 g/mol. The molecule has 1 amide bonds. The fraction of sp³-hybridized carbons (Fsp3) is 0.333. The van der Waals surface area contributed by atoms with Crippen molar-refractivity contribution in [3.8, 4) is 28.5 Å². The molecule has 0 saturated carbocycles. The highest BCUT2D eigenvalue weighted by molar-refractivity contribution is 7.14. The van der Waals surface area contributed by atoms with E-state index < -0.39 is 0 Å². The summed E-state index contributed by atoms with van der Waals surface area (Å²) in [5.41, 5.74) is 1.55. The quantitative estimate of drug-likeness (QED) is 0.432. The molecule has 0 aliphatic carbocycles. The second-order valence-corrected chi connectivity index (χ2v) is 8.22. The first-order valence-electron chi connectivity index (χ1n) is 10.3. The van der Waals surface area contributed by atoms with Crippen molar-refractivity contribution in [1.29, 1.82) is 0 Å². The Labute approximate surface area is 193 Å². The zero-order valence-corrected chi connectivity index (χ0v) is 19.7. The van der Waals surface area contributed by atoms with Crippen LogP contribution >= 0.6 is 11.3 Å². The van der Waals surface area contributed by atoms with Gasteiger partial charge in [0.1, 0.15) is 17.2 Å². The highest BCUT2D eigenvalue weighted by Gasteiger charge is 2.21. The van der Waals surface area contributed by atoms with Gasteiger partial charge in [0.2, 0.25) is 0 Å². The van der Waals surface area contributed by atoms with Gasteiger partial charge in [0.15, 0.2) is 11.7 Å². The first-order chi connectivity index (χ1) is 15.5. The van der Waals surface area contributed by atoms with E-state index in [1.165, 1.54) is 11.3 Å². The van der Waals surface area contributed by atoms with E-state index in [0.29, 0.717) is 28.9 Å². The number of carbonyl (C=O) groups excluding carboxylic acids is 1. The van der Waals surface area contributed by atoms with Crippen molar-refractivity contribution in [1.82, 2.24) is 9.88 Å². The summed E-state index contributed by atoms with van der Waals surface area (Å²) in [6.45, 7) is 1.37. The SMILES string of the molecule is COc1ccc(OC)c(-c2csc(N(CCCN(C)C)C(=O)COc3ccccc3)n2)c1. The highest BCUT2D eigenvalue weighted by atomic mass is 32.1. The molecule has 32 heavy (non-hydrogen) atoms. The number of thiazole rings is 1. The predicted molar refractivity (Wildman–Crippen MR) is 128 cm³/mol. The van der Waals surface area contributed by atoms with Crippen molar-refractivity contribution in [3.05, 3.63) is 53.9 Å². The lowest BCUT2D eigenvalue weighted by atomic mass is 10.1. The molecule has 0 N–H and O–H groups in total. The van der Waals surface area contributed by atoms with E-state index >= 15 is 0 Å². The summed E-state index contributed by atoms with van der Waals surface area (Å²) < 4.78 is 16.5. The fourth-order valence-corrected chi connectivity index (χ4v) is 4.01. The van der Waals surface area contributed by atoms with Gasteiger partial charge < -0.3 is 19.1 Å². The van der Waals surface area contributed by atoms with Gasteiger partial charge in [-0.25, -0.2) is 4.98 Å². The second-order valence-electron chi connectivity index (χ2n) is 7.39. The molecule has 0 radical (unpaired) electrons. The van der Waals surface area contributed by atoms with Crippen LogP contribution in [0.1, 0.15) is 6.42 Å². The molecule has 0 atom stereocenters. The molecule has 8 heteroatoms. The van der Waals surface area contributed by atoms with Gasteiger partial charge in [0.25, 0.3) is 5.91 Å². The molecule has 0 aliphatic heterocycles. The Kier molecular flexibility index (Phi) is 8.47. The molecule has 7 nitrogen and oxygen atoms in total. The minimum absolute atomic E-state index is 0.0522. The summed E-state index contributed by atoms with van der Waals surface area (Å²) in [6, 6.07) is 14.9. The molecule has 3 rings (SSSR count). The van der Waals surface area contributed by atoms with Gasteiger partial charge in [0, 0.05) is 17.5 Å². The number of hydrogen-bond acceptors (Lipinski definition) is 7. The van der Waals surface area contributed by atoms with Crippen LogP contribution in [-0.2, 0) is 4.79 Å². The van der Waals surface area contributed by atoms with Crippen LogP contribution in [0.5, 0.6) is 17.2 Å². The molecular weight excluding hydrogens is 426 g/mol. The van der Waals surface area contributed by atoms with E-state index in [-0.39, 0.29) is 12.5 Å². The summed E-state index contributed by atoms with van der Waals surface area (Å²) in [6.07, 6.45) is 0.821. The van der Waals surface area contributed by atoms with Gasteiger partial charge in [-0.05, 0) is 57.4 Å². The zero-order valence-electron chi connectivity index (χ0n) is 18.9. The van der Waals surface area contributed by atoms with Gasteiger partial charge in [-0.3, -0.25) is 9.69 Å². The number of aromatic nitrogens is 1. The largest absolute Gasteiger partial charge is 0.497 e. The van der Waals surface area contributed by atoms with E-state index in [1.54, 1.807) is 19.1 Å². The van der Waals surface area contributed by atoms with E-state index in [1.807, 2.05) is 68.0 Å². The van der Waals surface area contributed by atoms with Crippen molar-refractivity contribution < 1.29 is 19.0 Å². The number of nitrogens with zero attached hydrogens (tertiary/aromatic N) is 3. The minimum atomic E-state index is -0.133. The number of para-hydroxylation sites is 1. The van der Waals surface area contributed by atoms with Gasteiger partial charge in [0.05, 0.1) is 19.9 Å². The second kappa shape index (κ2) is 11.5. The molecule has 0 bridgehead atoms. The third kappa shape index (κ3) is 6.21. The lowest BCUT2D eigenvalue weighted by Crippen LogP contribution is -2.36. The van der Waals surface area contributed by atoms with Crippen LogP contribution in [0.3, 0.4) is 0 Å². The standard InChI is InChI=1S/C24H29N3O4S/c1-26(2)13-8-14-27(23(28)16-31-18-9-6-5-7-10-18)24-25-21(17-32-24)20-15-19(29-3)11-12-22(20)30-4/h5-7,9-12,15,17H,8,13-14,16H2,1-4H3. The zero-order chi connectivity index (χ0) is 22.9. The number of amides is 1. The molecule has 1 aromatic heterocycles. The van der Waals surface area contributed by atoms with Crippen LogP contribution in [0.25, 0.3) is 11.3 Å². The molecule has 2 aromatic carbocycles. The molecular formula is C24H29N3O4S. The van der Waals surface area contributed by atoms with Crippen LogP contribution in [-0.4, -0.2) is 63.8 Å². The first-order valence-corrected chi connectivity index (χ1v) is 11.2. The first kappa shape index (κ1) is 23.6. The summed E-state index contributed by atoms with van der Waals surface area (Å²) in [5.74, 6) is 1.94. The topological polar surface area (TPSA) is 64.1 Å². The van der Waals surface area contributed by atoms with E-state index in [2.05, 4.69) is 4.90 Å². The fourth-order valence-electron chi connectivity index (χ4n) is 3.14. The Balaban J connectivity index is 1.82. The third-order valence-electron chi connectivity index (χ3n) is 4.80. The van der Waals surface area contributed by atoms with Crippen molar-refractivity contribution in [2.45, 2.75) is 6.42 Å². The number of ether oxygens (including phenoxy) is 3. The van der Waals surface area contributed by atoms with Crippen molar-refractivity contribution in [2.24, 2.45) is 0 Å². The number of anilines is 1. The van der Waals surface area contributed by atoms with Gasteiger partial charge in [-0.2, -0.15) is 0 Å². The van der Waals surface area contributed by atoms with E-state index in [9.17, 15) is 4.79 Å². The van der Waals surface area contributed by atoms with Crippen molar-refractivity contribution >= 4 is 22.4 Å². The third-order valence-corrected chi connectivity index (χ3v) is 5.66. The van der Waals surface area contributed by atoms with E-state index in [4.69, 9.17) is 19.2 Å². The Bertz CT molecular complexity index is 1010. The Morgan fingerprint density at radius 2 is 1.78 bits per heavy atom. The summed E-state index contributed by atoms with van der Waals surface area (Å²) in [4.78, 5) is 21.6. The highest BCUT2D eigenvalue weighted by Crippen LogP contribution is 2.36. The number of carbonyl (C=O) groups is 1. The maximum absolute atomic E-state index is 13.1. The van der Waals surface area contributed by atoms with Crippen molar-refractivity contribution in [2.75, 3.05) is 52.9 Å². The molecule has 0 saturated heterocycles. The number of methoxy groups -OCH3 is 2. The molecule has 0 spiro atoms. The maximum atomic E-state index is 13.1. The van der Waals surface area contributed by atoms with Crippen LogP contribution in [0.15, 0.2) is 53.9 Å². The smallest absolute Gasteiger partial charge is 0.266 e. The van der Waals surface area contributed by atoms with Crippen LogP contribution < -0.4 is 19.1 Å². The summed E-state index contributed by atoms with van der Waals surface area (Å²) >= 11 is 1.42. The molecule has 0 fully saturated rings. The number of rotatable bonds is 11. The molecule has 1 heterocycles. The number of hydrogen-bond donors (Lipinski definition) is 0. The van der Waals surface area contributed by atoms with E-state index in [0.717, 1.165) is 24.2 Å². The average Bonchev–Trinajstić information content (AvgIpc) is 3.30. The Hall–Kier alpha value is -3.10. The van der Waals surface area contributed by atoms with Crippen LogP contribution in [0.2, 0.25) is 0 Å². The lowest BCUT2D eigenvalue weighted by molar-refractivity contribution is -0.120. The molecule has 0 unspecified atom stereocenters. The maximum Gasteiger partial charge on any atom is 0.266 e. The van der Waals surface area contributed by atoms with Gasteiger partial charge >= 0.3 is 0 Å². The Morgan fingerprint density at radius 1 is 1.00 bits per heavy atom. The summed E-state index contributed by atoms with van der Waals surface area (Å²) in [5, 5.41) is 2.56. The molecule has 170 valence electrons. The monoisotopic (exact) mass is 455 g/mol. The van der Waals surface area contributed by atoms with Gasteiger partial charge in [-0.15, -0.1) is 11.3 Å². The number of benzene rings is 2. The normalized spacial score (nSPS) is 10.8.